The summed E-state index contributed by atoms with van der Waals surface area (Å²) in [6, 6.07) is 6.16. The Kier molecular flexibility index (Phi) is 5.56. The number of anilines is 2. The van der Waals surface area contributed by atoms with Gasteiger partial charge in [-0.15, -0.1) is 0 Å². The molecule has 2 aliphatic heterocycles. The van der Waals surface area contributed by atoms with Gasteiger partial charge in [0, 0.05) is 31.0 Å². The van der Waals surface area contributed by atoms with Crippen molar-refractivity contribution in [2.75, 3.05) is 25.0 Å². The van der Waals surface area contributed by atoms with Crippen LogP contribution in [0.15, 0.2) is 24.3 Å². The molecule has 172 valence electrons. The van der Waals surface area contributed by atoms with Gasteiger partial charge in [-0.2, -0.15) is 13.2 Å². The third-order valence-corrected chi connectivity index (χ3v) is 6.06. The number of nitrogens with zero attached hydrogens (tertiary/aromatic N) is 2. The molecule has 9 heteroatoms. The first kappa shape index (κ1) is 22.4. The first-order chi connectivity index (χ1) is 15.1. The van der Waals surface area contributed by atoms with Crippen LogP contribution in [0.1, 0.15) is 54.4 Å². The van der Waals surface area contributed by atoms with E-state index in [1.165, 1.54) is 0 Å². The molecule has 1 atom stereocenters. The Hall–Kier alpha value is -2.81. The number of carbonyl (C=O) groups excluding carboxylic acids is 1. The maximum atomic E-state index is 14.1. The number of fused-ring (bicyclic) bond motifs is 3. The normalized spacial score (nSPS) is 20.4. The number of rotatable bonds is 5. The van der Waals surface area contributed by atoms with Crippen LogP contribution in [-0.2, 0) is 11.7 Å². The molecule has 4 rings (SSSR count). The van der Waals surface area contributed by atoms with E-state index in [9.17, 15) is 18.0 Å². The van der Waals surface area contributed by atoms with Gasteiger partial charge >= 0.3 is 6.18 Å². The molecule has 1 aromatic carbocycles. The van der Waals surface area contributed by atoms with E-state index < -0.39 is 23.2 Å². The number of alkyl halides is 3. The maximum absolute atomic E-state index is 14.1. The van der Waals surface area contributed by atoms with Crippen LogP contribution in [0.25, 0.3) is 0 Å². The summed E-state index contributed by atoms with van der Waals surface area (Å²) in [6.07, 6.45) is -4.32. The standard InChI is InChI=1S/C23H27F3N4O2/c1-5-22-12-27-8-9-30(22)21(31)19-16(22)10-15(11-17(19)23(24,25)26)29-18-7-6-14(4)28-20(18)32-13(2)3/h6-7,10-11,13,27,29H,5,8-9,12H2,1-4H3/t22-/m0/s1. The van der Waals surface area contributed by atoms with E-state index in [-0.39, 0.29) is 17.4 Å². The van der Waals surface area contributed by atoms with Crippen LogP contribution in [0.4, 0.5) is 24.5 Å². The molecule has 0 aliphatic carbocycles. The maximum Gasteiger partial charge on any atom is 0.417 e. The largest absolute Gasteiger partial charge is 0.473 e. The summed E-state index contributed by atoms with van der Waals surface area (Å²) in [5.41, 5.74) is -0.123. The molecular weight excluding hydrogens is 421 g/mol. The molecule has 1 fully saturated rings. The van der Waals surface area contributed by atoms with Crippen LogP contribution >= 0.6 is 0 Å². The molecule has 1 aromatic heterocycles. The van der Waals surface area contributed by atoms with Gasteiger partial charge in [-0.1, -0.05) is 6.92 Å². The van der Waals surface area contributed by atoms with Crippen LogP contribution in [0, 0.1) is 6.92 Å². The van der Waals surface area contributed by atoms with Gasteiger partial charge in [-0.05, 0) is 57.0 Å². The highest BCUT2D eigenvalue weighted by atomic mass is 19.4. The van der Waals surface area contributed by atoms with Crippen molar-refractivity contribution in [3.8, 4) is 5.88 Å². The minimum Gasteiger partial charge on any atom is -0.473 e. The number of aryl methyl sites for hydroxylation is 1. The van der Waals surface area contributed by atoms with E-state index in [1.807, 2.05) is 27.7 Å². The average Bonchev–Trinajstić information content (AvgIpc) is 2.98. The molecule has 0 unspecified atom stereocenters. The first-order valence-corrected chi connectivity index (χ1v) is 10.8. The highest BCUT2D eigenvalue weighted by molar-refractivity contribution is 6.02. The molecule has 1 amide bonds. The Labute approximate surface area is 185 Å². The molecule has 0 bridgehead atoms. The van der Waals surface area contributed by atoms with Crippen LogP contribution < -0.4 is 15.4 Å². The number of hydrogen-bond donors (Lipinski definition) is 2. The van der Waals surface area contributed by atoms with E-state index in [1.54, 1.807) is 23.1 Å². The van der Waals surface area contributed by atoms with Crippen LogP contribution in [0.5, 0.6) is 5.88 Å². The zero-order valence-corrected chi connectivity index (χ0v) is 18.6. The Balaban J connectivity index is 1.86. The van der Waals surface area contributed by atoms with Crippen molar-refractivity contribution in [2.24, 2.45) is 0 Å². The van der Waals surface area contributed by atoms with Crippen LogP contribution in [-0.4, -0.2) is 41.5 Å². The second kappa shape index (κ2) is 7.95. The highest BCUT2D eigenvalue weighted by Gasteiger charge is 2.53. The summed E-state index contributed by atoms with van der Waals surface area (Å²) in [5, 5.41) is 6.31. The van der Waals surface area contributed by atoms with Gasteiger partial charge in [0.1, 0.15) is 5.69 Å². The van der Waals surface area contributed by atoms with E-state index in [2.05, 4.69) is 15.6 Å². The van der Waals surface area contributed by atoms with Crippen molar-refractivity contribution >= 4 is 17.3 Å². The number of benzene rings is 1. The number of carbonyl (C=O) groups is 1. The lowest BCUT2D eigenvalue weighted by Crippen LogP contribution is -2.56. The lowest BCUT2D eigenvalue weighted by atomic mass is 9.84. The van der Waals surface area contributed by atoms with E-state index >= 15 is 0 Å². The molecule has 2 aromatic rings. The number of halogens is 3. The van der Waals surface area contributed by atoms with Crippen molar-refractivity contribution in [3.05, 3.63) is 46.6 Å². The second-order valence-corrected chi connectivity index (χ2v) is 8.56. The van der Waals surface area contributed by atoms with Crippen molar-refractivity contribution in [3.63, 3.8) is 0 Å². The number of amides is 1. The zero-order valence-electron chi connectivity index (χ0n) is 18.6. The van der Waals surface area contributed by atoms with E-state index in [0.717, 1.165) is 11.8 Å². The van der Waals surface area contributed by atoms with Gasteiger partial charge in [-0.3, -0.25) is 4.79 Å². The fraction of sp³-hybridized carbons (Fsp3) is 0.478. The number of ether oxygens (including phenoxy) is 1. The minimum absolute atomic E-state index is 0.154. The van der Waals surface area contributed by atoms with E-state index in [4.69, 9.17) is 4.74 Å². The van der Waals surface area contributed by atoms with Gasteiger partial charge in [0.05, 0.1) is 22.8 Å². The predicted octanol–water partition coefficient (Wildman–Crippen LogP) is 4.60. The average molecular weight is 448 g/mol. The fourth-order valence-corrected chi connectivity index (χ4v) is 4.61. The number of pyridine rings is 1. The smallest absolute Gasteiger partial charge is 0.417 e. The summed E-state index contributed by atoms with van der Waals surface area (Å²) >= 11 is 0. The Morgan fingerprint density at radius 1 is 1.31 bits per heavy atom. The molecule has 2 aliphatic rings. The fourth-order valence-electron chi connectivity index (χ4n) is 4.61. The molecule has 0 radical (unpaired) electrons. The molecule has 6 nitrogen and oxygen atoms in total. The van der Waals surface area contributed by atoms with Crippen molar-refractivity contribution in [2.45, 2.75) is 51.9 Å². The summed E-state index contributed by atoms with van der Waals surface area (Å²) in [5.74, 6) is -0.237. The summed E-state index contributed by atoms with van der Waals surface area (Å²) in [6.45, 7) is 8.76. The second-order valence-electron chi connectivity index (χ2n) is 8.56. The van der Waals surface area contributed by atoms with Gasteiger partial charge in [0.25, 0.3) is 5.91 Å². The van der Waals surface area contributed by atoms with Gasteiger partial charge in [0.2, 0.25) is 5.88 Å². The molecule has 0 saturated carbocycles. The summed E-state index contributed by atoms with van der Waals surface area (Å²) in [7, 11) is 0. The quantitative estimate of drug-likeness (QED) is 0.700. The number of aromatic nitrogens is 1. The Morgan fingerprint density at radius 2 is 2.06 bits per heavy atom. The summed E-state index contributed by atoms with van der Waals surface area (Å²) < 4.78 is 48.0. The summed E-state index contributed by atoms with van der Waals surface area (Å²) in [4.78, 5) is 19.1. The lowest BCUT2D eigenvalue weighted by Gasteiger charge is -2.42. The van der Waals surface area contributed by atoms with Gasteiger partial charge in [-0.25, -0.2) is 4.98 Å². The van der Waals surface area contributed by atoms with Crippen LogP contribution in [0.2, 0.25) is 0 Å². The van der Waals surface area contributed by atoms with Crippen molar-refractivity contribution in [1.29, 1.82) is 0 Å². The minimum atomic E-state index is -4.67. The van der Waals surface area contributed by atoms with Gasteiger partial charge < -0.3 is 20.3 Å². The SMILES string of the molecule is CC[C@@]12CNCCN1C(=O)c1c(C(F)(F)F)cc(Nc3ccc(C)nc3OC(C)C)cc12. The highest BCUT2D eigenvalue weighted by Crippen LogP contribution is 2.48. The number of hydrogen-bond acceptors (Lipinski definition) is 5. The van der Waals surface area contributed by atoms with Gasteiger partial charge in [0.15, 0.2) is 0 Å². The third-order valence-electron chi connectivity index (χ3n) is 6.06. The zero-order chi connectivity index (χ0) is 23.3. The van der Waals surface area contributed by atoms with Crippen molar-refractivity contribution < 1.29 is 22.7 Å². The monoisotopic (exact) mass is 448 g/mol. The third kappa shape index (κ3) is 3.68. The van der Waals surface area contributed by atoms with Crippen molar-refractivity contribution in [1.82, 2.24) is 15.2 Å². The molecule has 0 spiro atoms. The predicted molar refractivity (Wildman–Crippen MR) is 115 cm³/mol. The molecule has 32 heavy (non-hydrogen) atoms. The molecule has 1 saturated heterocycles. The number of nitrogens with one attached hydrogen (secondary N) is 2. The Morgan fingerprint density at radius 3 is 2.72 bits per heavy atom. The van der Waals surface area contributed by atoms with E-state index in [0.29, 0.717) is 43.2 Å². The lowest BCUT2D eigenvalue weighted by molar-refractivity contribution is -0.137. The molecular formula is C23H27F3N4O2. The first-order valence-electron chi connectivity index (χ1n) is 10.8. The Bertz CT molecular complexity index is 1050. The van der Waals surface area contributed by atoms with Crippen LogP contribution in [0.3, 0.4) is 0 Å². The molecule has 3 heterocycles. The molecule has 2 N–H and O–H groups in total. The number of piperazine rings is 1. The topological polar surface area (TPSA) is 66.5 Å².